The zero-order valence-electron chi connectivity index (χ0n) is 11.4. The summed E-state index contributed by atoms with van der Waals surface area (Å²) in [6, 6.07) is 7.22. The maximum Gasteiger partial charge on any atom is 0.269 e. The van der Waals surface area contributed by atoms with Gasteiger partial charge in [0.15, 0.2) is 0 Å². The van der Waals surface area contributed by atoms with Crippen molar-refractivity contribution >= 4 is 11.6 Å². The highest BCUT2D eigenvalue weighted by Crippen LogP contribution is 2.14. The lowest BCUT2D eigenvalue weighted by Gasteiger charge is -1.97. The molecular weight excluding hydrogens is 286 g/mol. The molecule has 3 heterocycles. The normalized spacial score (nSPS) is 10.5. The van der Waals surface area contributed by atoms with Crippen molar-refractivity contribution < 1.29 is 14.0 Å². The molecule has 110 valence electrons. The van der Waals surface area contributed by atoms with Crippen molar-refractivity contribution in [1.82, 2.24) is 25.6 Å². The summed E-state index contributed by atoms with van der Waals surface area (Å²) in [5.41, 5.74) is 1.05. The maximum atomic E-state index is 11.8. The van der Waals surface area contributed by atoms with Crippen molar-refractivity contribution in [2.75, 3.05) is 0 Å². The molecule has 0 aliphatic heterocycles. The SMILES string of the molecule is O=C(Cc1ccc(Cc2ccncc2)o1)C(=O)c1nn[nH]n1. The number of aromatic amines is 1. The van der Waals surface area contributed by atoms with E-state index in [-0.39, 0.29) is 12.2 Å². The van der Waals surface area contributed by atoms with Crippen LogP contribution in [0, 0.1) is 0 Å². The molecule has 0 aromatic carbocycles. The molecule has 0 bridgehead atoms. The van der Waals surface area contributed by atoms with E-state index in [4.69, 9.17) is 4.42 Å². The number of rotatable bonds is 6. The summed E-state index contributed by atoms with van der Waals surface area (Å²) in [4.78, 5) is 27.5. The van der Waals surface area contributed by atoms with Crippen LogP contribution < -0.4 is 0 Å². The maximum absolute atomic E-state index is 11.8. The van der Waals surface area contributed by atoms with Gasteiger partial charge in [-0.05, 0) is 35.0 Å². The van der Waals surface area contributed by atoms with Gasteiger partial charge in [-0.15, -0.1) is 10.2 Å². The van der Waals surface area contributed by atoms with Crippen LogP contribution in [0.1, 0.15) is 27.7 Å². The number of nitrogens with one attached hydrogen (secondary N) is 1. The minimum atomic E-state index is -0.791. The first-order valence-corrected chi connectivity index (χ1v) is 6.50. The highest BCUT2D eigenvalue weighted by Gasteiger charge is 2.22. The van der Waals surface area contributed by atoms with Gasteiger partial charge < -0.3 is 4.42 Å². The Bertz CT molecular complexity index is 780. The van der Waals surface area contributed by atoms with Crippen molar-refractivity contribution in [2.24, 2.45) is 0 Å². The van der Waals surface area contributed by atoms with Gasteiger partial charge in [0, 0.05) is 18.8 Å². The molecule has 8 heteroatoms. The number of carbonyl (C=O) groups is 2. The first-order valence-electron chi connectivity index (χ1n) is 6.50. The average molecular weight is 297 g/mol. The van der Waals surface area contributed by atoms with Gasteiger partial charge in [-0.3, -0.25) is 14.6 Å². The number of hydrogen-bond donors (Lipinski definition) is 1. The van der Waals surface area contributed by atoms with E-state index in [2.05, 4.69) is 25.6 Å². The van der Waals surface area contributed by atoms with Crippen LogP contribution in [-0.2, 0) is 17.6 Å². The monoisotopic (exact) mass is 297 g/mol. The first-order chi connectivity index (χ1) is 10.7. The Hall–Kier alpha value is -3.16. The Kier molecular flexibility index (Phi) is 3.82. The smallest absolute Gasteiger partial charge is 0.269 e. The van der Waals surface area contributed by atoms with Crippen LogP contribution in [0.5, 0.6) is 0 Å². The second kappa shape index (κ2) is 6.08. The number of furan rings is 1. The van der Waals surface area contributed by atoms with Crippen molar-refractivity contribution in [3.63, 3.8) is 0 Å². The molecule has 0 spiro atoms. The second-order valence-electron chi connectivity index (χ2n) is 4.56. The standard InChI is InChI=1S/C14H11N5O3/c20-12(13(21)14-16-18-19-17-14)8-11-2-1-10(22-11)7-9-3-5-15-6-4-9/h1-6H,7-8H2,(H,16,17,18,19). The quantitative estimate of drug-likeness (QED) is 0.528. The molecule has 3 aromatic heterocycles. The number of Topliss-reactive ketones (excluding diaryl/α,β-unsaturated/α-hetero) is 2. The lowest BCUT2D eigenvalue weighted by atomic mass is 10.1. The number of ketones is 2. The van der Waals surface area contributed by atoms with Gasteiger partial charge in [0.1, 0.15) is 11.5 Å². The average Bonchev–Trinajstić information content (AvgIpc) is 3.19. The van der Waals surface area contributed by atoms with Crippen LogP contribution in [0.2, 0.25) is 0 Å². The van der Waals surface area contributed by atoms with Gasteiger partial charge in [-0.2, -0.15) is 5.21 Å². The van der Waals surface area contributed by atoms with Crippen molar-refractivity contribution in [2.45, 2.75) is 12.8 Å². The first kappa shape index (κ1) is 13.8. The van der Waals surface area contributed by atoms with Gasteiger partial charge in [0.25, 0.3) is 5.78 Å². The summed E-state index contributed by atoms with van der Waals surface area (Å²) in [6.45, 7) is 0. The molecule has 0 aliphatic carbocycles. The Morgan fingerprint density at radius 1 is 1.09 bits per heavy atom. The summed E-state index contributed by atoms with van der Waals surface area (Å²) in [6.07, 6.45) is 3.86. The molecule has 3 rings (SSSR count). The van der Waals surface area contributed by atoms with E-state index < -0.39 is 11.6 Å². The van der Waals surface area contributed by atoms with Gasteiger partial charge in [0.05, 0.1) is 6.42 Å². The molecule has 0 radical (unpaired) electrons. The van der Waals surface area contributed by atoms with E-state index in [0.717, 1.165) is 5.56 Å². The van der Waals surface area contributed by atoms with Crippen LogP contribution >= 0.6 is 0 Å². The Balaban J connectivity index is 1.64. The summed E-state index contributed by atoms with van der Waals surface area (Å²) >= 11 is 0. The Morgan fingerprint density at radius 3 is 2.59 bits per heavy atom. The van der Waals surface area contributed by atoms with Crippen LogP contribution in [0.4, 0.5) is 0 Å². The van der Waals surface area contributed by atoms with Gasteiger partial charge >= 0.3 is 0 Å². The fourth-order valence-corrected chi connectivity index (χ4v) is 1.94. The molecule has 1 N–H and O–H groups in total. The van der Waals surface area contributed by atoms with E-state index >= 15 is 0 Å². The predicted octanol–water partition coefficient (Wildman–Crippen LogP) is 0.773. The van der Waals surface area contributed by atoms with Crippen LogP contribution in [0.15, 0.2) is 41.1 Å². The van der Waals surface area contributed by atoms with Gasteiger partial charge in [0.2, 0.25) is 11.6 Å². The highest BCUT2D eigenvalue weighted by atomic mass is 16.3. The summed E-state index contributed by atoms with van der Waals surface area (Å²) in [5, 5.41) is 12.3. The molecule has 0 amide bonds. The number of carbonyl (C=O) groups excluding carboxylic acids is 2. The molecule has 0 unspecified atom stereocenters. The number of H-pyrrole nitrogens is 1. The van der Waals surface area contributed by atoms with E-state index in [0.29, 0.717) is 17.9 Å². The third-order valence-corrected chi connectivity index (χ3v) is 2.98. The van der Waals surface area contributed by atoms with E-state index in [1.54, 1.807) is 24.5 Å². The minimum Gasteiger partial charge on any atom is -0.465 e. The third kappa shape index (κ3) is 3.11. The van der Waals surface area contributed by atoms with Crippen LogP contribution in [0.25, 0.3) is 0 Å². The minimum absolute atomic E-state index is 0.135. The van der Waals surface area contributed by atoms with Crippen molar-refractivity contribution in [3.05, 3.63) is 59.6 Å². The molecule has 3 aromatic rings. The third-order valence-electron chi connectivity index (χ3n) is 2.98. The Labute approximate surface area is 124 Å². The van der Waals surface area contributed by atoms with E-state index in [9.17, 15) is 9.59 Å². The predicted molar refractivity (Wildman–Crippen MR) is 73.0 cm³/mol. The van der Waals surface area contributed by atoms with Gasteiger partial charge in [-0.1, -0.05) is 0 Å². The molecule has 0 aliphatic rings. The highest BCUT2D eigenvalue weighted by molar-refractivity contribution is 6.42. The molecule has 22 heavy (non-hydrogen) atoms. The molecule has 8 nitrogen and oxygen atoms in total. The number of nitrogens with zero attached hydrogens (tertiary/aromatic N) is 4. The van der Waals surface area contributed by atoms with Crippen LogP contribution in [0.3, 0.4) is 0 Å². The molecule has 0 atom stereocenters. The fraction of sp³-hybridized carbons (Fsp3) is 0.143. The summed E-state index contributed by atoms with van der Waals surface area (Å²) in [5.74, 6) is -0.549. The zero-order chi connectivity index (χ0) is 15.4. The zero-order valence-corrected chi connectivity index (χ0v) is 11.4. The van der Waals surface area contributed by atoms with E-state index in [1.165, 1.54) is 0 Å². The van der Waals surface area contributed by atoms with Gasteiger partial charge in [-0.25, -0.2) is 0 Å². The molecule has 0 saturated heterocycles. The number of pyridine rings is 1. The van der Waals surface area contributed by atoms with Crippen molar-refractivity contribution in [3.8, 4) is 0 Å². The van der Waals surface area contributed by atoms with Crippen molar-refractivity contribution in [1.29, 1.82) is 0 Å². The summed E-state index contributed by atoms with van der Waals surface area (Å²) < 4.78 is 5.57. The number of aromatic nitrogens is 5. The fourth-order valence-electron chi connectivity index (χ4n) is 1.94. The lowest BCUT2D eigenvalue weighted by molar-refractivity contribution is -0.114. The number of hydrogen-bond acceptors (Lipinski definition) is 7. The topological polar surface area (TPSA) is 115 Å². The van der Waals surface area contributed by atoms with Crippen LogP contribution in [-0.4, -0.2) is 37.2 Å². The largest absolute Gasteiger partial charge is 0.465 e. The van der Waals surface area contributed by atoms with E-state index in [1.807, 2.05) is 12.1 Å². The molecule has 0 fully saturated rings. The lowest BCUT2D eigenvalue weighted by Crippen LogP contribution is -2.18. The Morgan fingerprint density at radius 2 is 1.86 bits per heavy atom. The molecular formula is C14H11N5O3. The number of tetrazole rings is 1. The second-order valence-corrected chi connectivity index (χ2v) is 4.56. The molecule has 0 saturated carbocycles. The summed E-state index contributed by atoms with van der Waals surface area (Å²) in [7, 11) is 0.